The fourth-order valence-corrected chi connectivity index (χ4v) is 3.00. The molecule has 0 bridgehead atoms. The van der Waals surface area contributed by atoms with Crippen LogP contribution in [0.4, 0.5) is 0 Å². The highest BCUT2D eigenvalue weighted by molar-refractivity contribution is 5.74. The molecule has 0 atom stereocenters. The second kappa shape index (κ2) is 6.21. The fourth-order valence-electron chi connectivity index (χ4n) is 3.00. The van der Waals surface area contributed by atoms with E-state index in [0.717, 1.165) is 0 Å². The van der Waals surface area contributed by atoms with Crippen LogP contribution in [0.25, 0.3) is 28.1 Å². The van der Waals surface area contributed by atoms with Crippen LogP contribution in [0.1, 0.15) is 5.56 Å². The average Bonchev–Trinajstić information content (AvgIpc) is 3.09. The zero-order valence-corrected chi connectivity index (χ0v) is 13.7. The van der Waals surface area contributed by atoms with Crippen molar-refractivity contribution in [3.8, 4) is 28.1 Å². The lowest BCUT2D eigenvalue weighted by molar-refractivity contribution is 1.09. The molecule has 0 saturated carbocycles. The van der Waals surface area contributed by atoms with Gasteiger partial charge in [-0.15, -0.1) is 0 Å². The summed E-state index contributed by atoms with van der Waals surface area (Å²) in [5.74, 6) is 0. The van der Waals surface area contributed by atoms with Crippen LogP contribution in [0, 0.1) is 6.92 Å². The van der Waals surface area contributed by atoms with Gasteiger partial charge in [0.2, 0.25) is 0 Å². The minimum atomic E-state index is 1.18. The van der Waals surface area contributed by atoms with Crippen molar-refractivity contribution in [3.05, 3.63) is 103 Å². The predicted octanol–water partition coefficient (Wildman–Crippen LogP) is 6.12. The molecule has 4 rings (SSSR count). The van der Waals surface area contributed by atoms with E-state index in [2.05, 4.69) is 109 Å². The molecule has 0 aliphatic rings. The topological polar surface area (TPSA) is 4.93 Å². The first-order valence-corrected chi connectivity index (χ1v) is 8.21. The van der Waals surface area contributed by atoms with E-state index in [0.29, 0.717) is 0 Å². The number of hydrogen-bond acceptors (Lipinski definition) is 0. The molecule has 3 aromatic carbocycles. The summed E-state index contributed by atoms with van der Waals surface area (Å²) in [5.41, 5.74) is 7.35. The molecule has 0 N–H and O–H groups in total. The standard InChI is InChI=1S/C23H19N/c1-18-12-14-22(15-13-18)24-17-21(19-8-4-2-5-9-19)16-23(24)20-10-6-3-7-11-20/h2-17H,1H3. The summed E-state index contributed by atoms with van der Waals surface area (Å²) in [5, 5.41) is 0. The van der Waals surface area contributed by atoms with Crippen LogP contribution in [0.5, 0.6) is 0 Å². The van der Waals surface area contributed by atoms with Gasteiger partial charge in [0, 0.05) is 17.4 Å². The van der Waals surface area contributed by atoms with Crippen molar-refractivity contribution in [2.45, 2.75) is 6.92 Å². The zero-order valence-electron chi connectivity index (χ0n) is 13.7. The first-order chi connectivity index (χ1) is 11.8. The lowest BCUT2D eigenvalue weighted by atomic mass is 10.1. The molecule has 116 valence electrons. The van der Waals surface area contributed by atoms with Crippen molar-refractivity contribution in [2.75, 3.05) is 0 Å². The Labute approximate surface area is 142 Å². The minimum Gasteiger partial charge on any atom is -0.316 e. The maximum Gasteiger partial charge on any atom is 0.0534 e. The quantitative estimate of drug-likeness (QED) is 0.429. The number of hydrogen-bond donors (Lipinski definition) is 0. The van der Waals surface area contributed by atoms with E-state index in [1.54, 1.807) is 0 Å². The molecule has 1 nitrogen and oxygen atoms in total. The predicted molar refractivity (Wildman–Crippen MR) is 101 cm³/mol. The number of rotatable bonds is 3. The van der Waals surface area contributed by atoms with E-state index < -0.39 is 0 Å². The Morgan fingerprint density at radius 2 is 1.17 bits per heavy atom. The van der Waals surface area contributed by atoms with Gasteiger partial charge in [-0.3, -0.25) is 0 Å². The molecule has 0 amide bonds. The average molecular weight is 309 g/mol. The van der Waals surface area contributed by atoms with Crippen molar-refractivity contribution in [1.29, 1.82) is 0 Å². The van der Waals surface area contributed by atoms with Gasteiger partial charge in [-0.2, -0.15) is 0 Å². The number of aryl methyl sites for hydroxylation is 1. The minimum absolute atomic E-state index is 1.18. The molecule has 0 aliphatic heterocycles. The van der Waals surface area contributed by atoms with Gasteiger partial charge in [0.1, 0.15) is 0 Å². The Morgan fingerprint density at radius 3 is 1.79 bits per heavy atom. The molecular formula is C23H19N. The highest BCUT2D eigenvalue weighted by Crippen LogP contribution is 2.31. The Bertz CT molecular complexity index is 933. The fraction of sp³-hybridized carbons (Fsp3) is 0.0435. The second-order valence-electron chi connectivity index (χ2n) is 6.05. The van der Waals surface area contributed by atoms with Crippen LogP contribution in [0.15, 0.2) is 97.2 Å². The highest BCUT2D eigenvalue weighted by atomic mass is 15.0. The van der Waals surface area contributed by atoms with Crippen molar-refractivity contribution in [3.63, 3.8) is 0 Å². The summed E-state index contributed by atoms with van der Waals surface area (Å²) in [7, 11) is 0. The molecule has 0 spiro atoms. The molecule has 1 aromatic heterocycles. The molecule has 4 aromatic rings. The Kier molecular flexibility index (Phi) is 3.76. The molecule has 1 heterocycles. The van der Waals surface area contributed by atoms with Gasteiger partial charge >= 0.3 is 0 Å². The van der Waals surface area contributed by atoms with Crippen LogP contribution in [-0.4, -0.2) is 4.57 Å². The van der Waals surface area contributed by atoms with E-state index in [9.17, 15) is 0 Å². The smallest absolute Gasteiger partial charge is 0.0534 e. The van der Waals surface area contributed by atoms with Gasteiger partial charge in [0.25, 0.3) is 0 Å². The summed E-state index contributed by atoms with van der Waals surface area (Å²) in [4.78, 5) is 0. The maximum absolute atomic E-state index is 2.27. The zero-order chi connectivity index (χ0) is 16.4. The van der Waals surface area contributed by atoms with E-state index in [1.807, 2.05) is 0 Å². The first kappa shape index (κ1) is 14.5. The summed E-state index contributed by atoms with van der Waals surface area (Å²) >= 11 is 0. The third-order valence-electron chi connectivity index (χ3n) is 4.31. The summed E-state index contributed by atoms with van der Waals surface area (Å²) in [6, 6.07) is 32.0. The highest BCUT2D eigenvalue weighted by Gasteiger charge is 2.10. The van der Waals surface area contributed by atoms with E-state index >= 15 is 0 Å². The van der Waals surface area contributed by atoms with E-state index in [4.69, 9.17) is 0 Å². The molecule has 0 aliphatic carbocycles. The molecule has 0 radical (unpaired) electrons. The number of aromatic nitrogens is 1. The Morgan fingerprint density at radius 1 is 0.583 bits per heavy atom. The van der Waals surface area contributed by atoms with Crippen LogP contribution in [-0.2, 0) is 0 Å². The monoisotopic (exact) mass is 309 g/mol. The summed E-state index contributed by atoms with van der Waals surface area (Å²) < 4.78 is 2.27. The van der Waals surface area contributed by atoms with Crippen LogP contribution in [0.2, 0.25) is 0 Å². The number of nitrogens with zero attached hydrogens (tertiary/aromatic N) is 1. The summed E-state index contributed by atoms with van der Waals surface area (Å²) in [6.07, 6.45) is 2.22. The number of benzene rings is 3. The van der Waals surface area contributed by atoms with Gasteiger partial charge in [-0.05, 0) is 36.2 Å². The second-order valence-corrected chi connectivity index (χ2v) is 6.05. The third kappa shape index (κ3) is 2.77. The summed E-state index contributed by atoms with van der Waals surface area (Å²) in [6.45, 7) is 2.12. The Balaban J connectivity index is 1.90. The van der Waals surface area contributed by atoms with Crippen molar-refractivity contribution < 1.29 is 0 Å². The van der Waals surface area contributed by atoms with Crippen molar-refractivity contribution >= 4 is 0 Å². The van der Waals surface area contributed by atoms with Gasteiger partial charge in [0.15, 0.2) is 0 Å². The van der Waals surface area contributed by atoms with Crippen LogP contribution < -0.4 is 0 Å². The van der Waals surface area contributed by atoms with Crippen LogP contribution >= 0.6 is 0 Å². The molecule has 0 unspecified atom stereocenters. The molecule has 0 saturated heterocycles. The van der Waals surface area contributed by atoms with Crippen molar-refractivity contribution in [2.24, 2.45) is 0 Å². The first-order valence-electron chi connectivity index (χ1n) is 8.21. The largest absolute Gasteiger partial charge is 0.316 e. The normalized spacial score (nSPS) is 10.7. The molecule has 0 fully saturated rings. The van der Waals surface area contributed by atoms with Gasteiger partial charge in [0.05, 0.1) is 5.69 Å². The van der Waals surface area contributed by atoms with Gasteiger partial charge < -0.3 is 4.57 Å². The van der Waals surface area contributed by atoms with Crippen LogP contribution in [0.3, 0.4) is 0 Å². The molecule has 1 heteroatoms. The Hall–Kier alpha value is -3.06. The SMILES string of the molecule is Cc1ccc(-n2cc(-c3ccccc3)cc2-c2ccccc2)cc1. The lowest BCUT2D eigenvalue weighted by Gasteiger charge is -2.09. The van der Waals surface area contributed by atoms with E-state index in [1.165, 1.54) is 33.6 Å². The molecule has 24 heavy (non-hydrogen) atoms. The van der Waals surface area contributed by atoms with Gasteiger partial charge in [-0.1, -0.05) is 78.4 Å². The van der Waals surface area contributed by atoms with Crippen molar-refractivity contribution in [1.82, 2.24) is 4.57 Å². The molecular weight excluding hydrogens is 290 g/mol. The maximum atomic E-state index is 2.27. The third-order valence-corrected chi connectivity index (χ3v) is 4.31. The lowest BCUT2D eigenvalue weighted by Crippen LogP contribution is -1.94. The van der Waals surface area contributed by atoms with E-state index in [-0.39, 0.29) is 0 Å². The van der Waals surface area contributed by atoms with Gasteiger partial charge in [-0.25, -0.2) is 0 Å².